The molecule has 2 aromatic carbocycles. The summed E-state index contributed by atoms with van der Waals surface area (Å²) in [5, 5.41) is 14.4. The molecule has 210 valence electrons. The van der Waals surface area contributed by atoms with Crippen LogP contribution in [0.2, 0.25) is 5.02 Å². The van der Waals surface area contributed by atoms with Crippen molar-refractivity contribution in [2.24, 2.45) is 5.92 Å². The number of carbonyl (C=O) groups is 4. The second-order valence-electron chi connectivity index (χ2n) is 8.65. The second-order valence-corrected chi connectivity index (χ2v) is 10.0. The van der Waals surface area contributed by atoms with E-state index < -0.39 is 47.0 Å². The Balaban J connectivity index is 2.10. The summed E-state index contributed by atoms with van der Waals surface area (Å²) in [6.07, 6.45) is 0.458. The molecule has 0 bridgehead atoms. The minimum Gasteiger partial charge on any atom is -0.497 e. The third-order valence-corrected chi connectivity index (χ3v) is 6.78. The predicted octanol–water partition coefficient (Wildman–Crippen LogP) is 3.77. The van der Waals surface area contributed by atoms with Gasteiger partial charge in [0.15, 0.2) is 5.78 Å². The molecule has 1 atom stereocenters. The summed E-state index contributed by atoms with van der Waals surface area (Å²) >= 11 is 7.01. The van der Waals surface area contributed by atoms with Crippen molar-refractivity contribution in [2.75, 3.05) is 20.0 Å². The van der Waals surface area contributed by atoms with Crippen LogP contribution in [0.5, 0.6) is 11.5 Å². The second kappa shape index (κ2) is 15.1. The zero-order chi connectivity index (χ0) is 29.1. The van der Waals surface area contributed by atoms with Gasteiger partial charge in [-0.2, -0.15) is 0 Å². The van der Waals surface area contributed by atoms with E-state index in [0.717, 1.165) is 11.8 Å². The predicted molar refractivity (Wildman–Crippen MR) is 146 cm³/mol. The Bertz CT molecular complexity index is 1230. The molecule has 0 aliphatic carbocycles. The lowest BCUT2D eigenvalue weighted by Gasteiger charge is -2.22. The summed E-state index contributed by atoms with van der Waals surface area (Å²) < 4.78 is 24.5. The van der Waals surface area contributed by atoms with Crippen molar-refractivity contribution in [3.05, 3.63) is 70.1 Å². The quantitative estimate of drug-likeness (QED) is 0.288. The van der Waals surface area contributed by atoms with Crippen LogP contribution >= 0.6 is 23.4 Å². The minimum atomic E-state index is -1.45. The molecule has 0 fully saturated rings. The highest BCUT2D eigenvalue weighted by Crippen LogP contribution is 2.25. The van der Waals surface area contributed by atoms with Gasteiger partial charge in [0.05, 0.1) is 38.2 Å². The summed E-state index contributed by atoms with van der Waals surface area (Å²) in [7, 11) is 2.95. The number of carboxylic acid groups (broad SMARTS) is 1. The molecule has 0 unspecified atom stereocenters. The van der Waals surface area contributed by atoms with E-state index in [9.17, 15) is 28.7 Å². The van der Waals surface area contributed by atoms with Crippen LogP contribution in [0, 0.1) is 11.7 Å². The number of benzene rings is 2. The first-order valence-corrected chi connectivity index (χ1v) is 13.3. The lowest BCUT2D eigenvalue weighted by atomic mass is 10.0. The number of ether oxygens (including phenoxy) is 2. The Morgan fingerprint density at radius 3 is 2.44 bits per heavy atom. The van der Waals surface area contributed by atoms with Gasteiger partial charge in [-0.1, -0.05) is 31.5 Å². The number of halogens is 2. The van der Waals surface area contributed by atoms with E-state index in [4.69, 9.17) is 21.1 Å². The number of allylic oxidation sites excluding steroid dienone is 1. The van der Waals surface area contributed by atoms with Gasteiger partial charge < -0.3 is 25.2 Å². The number of carbonyl (C=O) groups excluding carboxylic acids is 3. The molecule has 2 amide bonds. The molecule has 0 heterocycles. The molecular formula is C27H30ClFN2O7S. The van der Waals surface area contributed by atoms with Crippen molar-refractivity contribution in [3.63, 3.8) is 0 Å². The molecule has 9 nitrogen and oxygen atoms in total. The molecular weight excluding hydrogens is 551 g/mol. The molecule has 12 heteroatoms. The Morgan fingerprint density at radius 2 is 1.85 bits per heavy atom. The largest absolute Gasteiger partial charge is 0.497 e. The number of rotatable bonds is 14. The Kier molecular flexibility index (Phi) is 12.3. The molecule has 2 aromatic rings. The van der Waals surface area contributed by atoms with Crippen molar-refractivity contribution in [2.45, 2.75) is 32.1 Å². The van der Waals surface area contributed by atoms with E-state index >= 15 is 0 Å². The van der Waals surface area contributed by atoms with Crippen LogP contribution in [0.25, 0.3) is 0 Å². The fourth-order valence-electron chi connectivity index (χ4n) is 3.47. The highest BCUT2D eigenvalue weighted by molar-refractivity contribution is 7.99. The number of hydrogen-bond acceptors (Lipinski definition) is 7. The van der Waals surface area contributed by atoms with E-state index in [0.29, 0.717) is 23.1 Å². The summed E-state index contributed by atoms with van der Waals surface area (Å²) in [6, 6.07) is 8.11. The number of amides is 2. The SMILES string of the molecule is COc1ccc(OC)c(CC(=O)N[C@H](C(=O)N/C(=C/C(=O)O)C(=O)CSCc2c(F)cccc2Cl)C(C)C)c1. The molecule has 3 N–H and O–H groups in total. The van der Waals surface area contributed by atoms with Crippen LogP contribution in [0.15, 0.2) is 48.2 Å². The van der Waals surface area contributed by atoms with E-state index in [1.807, 2.05) is 0 Å². The number of nitrogens with one attached hydrogen (secondary N) is 2. The van der Waals surface area contributed by atoms with E-state index in [1.165, 1.54) is 32.4 Å². The number of aliphatic carboxylic acids is 1. The first-order valence-electron chi connectivity index (χ1n) is 11.8. The number of Topliss-reactive ketones (excluding diaryl/α,β-unsaturated/α-hetero) is 1. The first kappa shape index (κ1) is 31.6. The molecule has 0 saturated heterocycles. The summed E-state index contributed by atoms with van der Waals surface area (Å²) in [5.74, 6) is -3.55. The maximum atomic E-state index is 14.0. The standard InChI is InChI=1S/C27H30ClFN2O7S/c1-15(2)26(31-24(33)11-16-10-17(37-3)8-9-23(16)38-4)27(36)30-21(12-25(34)35)22(32)14-39-13-18-19(28)6-5-7-20(18)29/h5-10,12,15,26H,11,13-14H2,1-4H3,(H,30,36)(H,31,33)(H,34,35)/b21-12+/t26-/m0/s1. The summed E-state index contributed by atoms with van der Waals surface area (Å²) in [5.41, 5.74) is 0.278. The molecule has 0 aromatic heterocycles. The zero-order valence-corrected chi connectivity index (χ0v) is 23.5. The highest BCUT2D eigenvalue weighted by Gasteiger charge is 2.27. The zero-order valence-electron chi connectivity index (χ0n) is 21.9. The van der Waals surface area contributed by atoms with Crippen molar-refractivity contribution in [1.29, 1.82) is 0 Å². The minimum absolute atomic E-state index is 0.0595. The van der Waals surface area contributed by atoms with Gasteiger partial charge in [0.2, 0.25) is 11.8 Å². The highest BCUT2D eigenvalue weighted by atomic mass is 35.5. The van der Waals surface area contributed by atoms with Crippen molar-refractivity contribution in [1.82, 2.24) is 10.6 Å². The molecule has 39 heavy (non-hydrogen) atoms. The van der Waals surface area contributed by atoms with Crippen LogP contribution in [0.4, 0.5) is 4.39 Å². The van der Waals surface area contributed by atoms with Gasteiger partial charge in [0, 0.05) is 21.9 Å². The third-order valence-electron chi connectivity index (χ3n) is 5.47. The number of hydrogen-bond donors (Lipinski definition) is 3. The van der Waals surface area contributed by atoms with E-state index in [1.54, 1.807) is 32.0 Å². The monoisotopic (exact) mass is 580 g/mol. The first-order chi connectivity index (χ1) is 18.5. The Hall–Kier alpha value is -3.57. The van der Waals surface area contributed by atoms with Gasteiger partial charge in [-0.05, 0) is 36.2 Å². The fraction of sp³-hybridized carbons (Fsp3) is 0.333. The third kappa shape index (κ3) is 9.60. The summed E-state index contributed by atoms with van der Waals surface area (Å²) in [4.78, 5) is 50.0. The van der Waals surface area contributed by atoms with Gasteiger partial charge in [-0.3, -0.25) is 14.4 Å². The lowest BCUT2D eigenvalue weighted by molar-refractivity contribution is -0.132. The van der Waals surface area contributed by atoms with Crippen LogP contribution in [-0.4, -0.2) is 54.7 Å². The molecule has 0 radical (unpaired) electrons. The lowest BCUT2D eigenvalue weighted by Crippen LogP contribution is -2.50. The Labute approximate surface area is 235 Å². The van der Waals surface area contributed by atoms with Crippen molar-refractivity contribution < 1.29 is 38.1 Å². The molecule has 0 aliphatic heterocycles. The maximum Gasteiger partial charge on any atom is 0.330 e. The average molecular weight is 581 g/mol. The van der Waals surface area contributed by atoms with Gasteiger partial charge in [-0.25, -0.2) is 9.18 Å². The van der Waals surface area contributed by atoms with Gasteiger partial charge in [0.25, 0.3) is 0 Å². The summed E-state index contributed by atoms with van der Waals surface area (Å²) in [6.45, 7) is 3.38. The van der Waals surface area contributed by atoms with Crippen LogP contribution in [0.3, 0.4) is 0 Å². The normalized spacial score (nSPS) is 12.0. The molecule has 0 spiro atoms. The molecule has 2 rings (SSSR count). The average Bonchev–Trinajstić information content (AvgIpc) is 2.87. The number of ketones is 1. The van der Waals surface area contributed by atoms with E-state index in [2.05, 4.69) is 10.6 Å². The number of methoxy groups -OCH3 is 2. The van der Waals surface area contributed by atoms with Gasteiger partial charge in [-0.15, -0.1) is 11.8 Å². The maximum absolute atomic E-state index is 14.0. The molecule has 0 aliphatic rings. The van der Waals surface area contributed by atoms with Gasteiger partial charge in [0.1, 0.15) is 23.4 Å². The molecule has 0 saturated carbocycles. The van der Waals surface area contributed by atoms with Crippen LogP contribution in [0.1, 0.15) is 25.0 Å². The van der Waals surface area contributed by atoms with Crippen LogP contribution in [-0.2, 0) is 31.4 Å². The van der Waals surface area contributed by atoms with Crippen molar-refractivity contribution in [3.8, 4) is 11.5 Å². The van der Waals surface area contributed by atoms with Gasteiger partial charge >= 0.3 is 5.97 Å². The Morgan fingerprint density at radius 1 is 1.13 bits per heavy atom. The fourth-order valence-corrected chi connectivity index (χ4v) is 4.72. The smallest absolute Gasteiger partial charge is 0.330 e. The number of carboxylic acids is 1. The van der Waals surface area contributed by atoms with Crippen LogP contribution < -0.4 is 20.1 Å². The van der Waals surface area contributed by atoms with Crippen molar-refractivity contribution >= 4 is 46.9 Å². The van der Waals surface area contributed by atoms with E-state index in [-0.39, 0.29) is 28.5 Å². The number of thioether (sulfide) groups is 1. The topological polar surface area (TPSA) is 131 Å².